The van der Waals surface area contributed by atoms with Crippen molar-refractivity contribution >= 4 is 22.7 Å². The third-order valence-corrected chi connectivity index (χ3v) is 9.64. The monoisotopic (exact) mass is 611 g/mol. The Balaban J connectivity index is 1.38. The predicted octanol–water partition coefficient (Wildman–Crippen LogP) is 10.4. The molecule has 0 bridgehead atoms. The number of nitriles is 1. The zero-order chi connectivity index (χ0) is 32.2. The van der Waals surface area contributed by atoms with Crippen LogP contribution in [0.1, 0.15) is 27.8 Å². The first kappa shape index (κ1) is 27.5. The first-order chi connectivity index (χ1) is 23.7. The van der Waals surface area contributed by atoms with Crippen LogP contribution in [0, 0.1) is 17.9 Å². The number of hydrogen-bond donors (Lipinski definition) is 0. The van der Waals surface area contributed by atoms with E-state index in [4.69, 9.17) is 6.57 Å². The SMILES string of the molecule is [C-]#[N+]c1ccc2c(c1)C1(c3cc(C#N)ccc3-2)c2ccccc2N(c2cc(-c3cccnc3)cc(-c3cccnc3)c2)c2ccccc21. The van der Waals surface area contributed by atoms with Crippen molar-refractivity contribution in [2.75, 3.05) is 4.90 Å². The quantitative estimate of drug-likeness (QED) is 0.187. The number of pyridine rings is 2. The molecule has 0 N–H and O–H groups in total. The van der Waals surface area contributed by atoms with E-state index >= 15 is 0 Å². The fraction of sp³-hybridized carbons (Fsp3) is 0.0233. The van der Waals surface area contributed by atoms with Crippen LogP contribution in [-0.2, 0) is 5.41 Å². The number of rotatable bonds is 3. The van der Waals surface area contributed by atoms with E-state index in [1.54, 1.807) is 12.4 Å². The van der Waals surface area contributed by atoms with Crippen LogP contribution in [0.4, 0.5) is 22.7 Å². The molecule has 2 aliphatic rings. The standard InChI is InChI=1S/C43H25N5/c1-45-33-15-17-36-35-16-14-28(25-44)20-39(35)43(40(36)24-33)37-10-2-4-12-41(37)48(42-13-5-3-11-38(42)43)34-22-31(29-8-6-18-46-26-29)21-32(23-34)30-9-7-19-47-27-30/h2-24,26-27H. The molecule has 2 aromatic heterocycles. The molecule has 5 aromatic carbocycles. The highest BCUT2D eigenvalue weighted by molar-refractivity contribution is 5.97. The Labute approximate surface area is 278 Å². The van der Waals surface area contributed by atoms with Crippen LogP contribution >= 0.6 is 0 Å². The van der Waals surface area contributed by atoms with Crippen molar-refractivity contribution in [3.63, 3.8) is 0 Å². The lowest BCUT2D eigenvalue weighted by Gasteiger charge is -2.45. The normalized spacial score (nSPS) is 13.1. The van der Waals surface area contributed by atoms with Crippen molar-refractivity contribution in [3.05, 3.63) is 191 Å². The number of fused-ring (bicyclic) bond motifs is 9. The molecule has 0 radical (unpaired) electrons. The maximum Gasteiger partial charge on any atom is 0.187 e. The molecule has 0 fully saturated rings. The summed E-state index contributed by atoms with van der Waals surface area (Å²) in [5, 5.41) is 10.1. The average molecular weight is 612 g/mol. The van der Waals surface area contributed by atoms with Gasteiger partial charge in [-0.3, -0.25) is 9.97 Å². The van der Waals surface area contributed by atoms with Crippen molar-refractivity contribution in [2.24, 2.45) is 0 Å². The molecular weight excluding hydrogens is 587 g/mol. The molecule has 3 heterocycles. The van der Waals surface area contributed by atoms with Gasteiger partial charge in [-0.1, -0.05) is 72.8 Å². The molecule has 0 amide bonds. The maximum absolute atomic E-state index is 10.1. The third kappa shape index (κ3) is 3.89. The lowest BCUT2D eigenvalue weighted by Crippen LogP contribution is -2.36. The zero-order valence-electron chi connectivity index (χ0n) is 25.7. The van der Waals surface area contributed by atoms with E-state index in [-0.39, 0.29) is 0 Å². The summed E-state index contributed by atoms with van der Waals surface area (Å²) in [4.78, 5) is 15.1. The Morgan fingerprint density at radius 1 is 0.583 bits per heavy atom. The van der Waals surface area contributed by atoms with Crippen molar-refractivity contribution in [1.29, 1.82) is 5.26 Å². The lowest BCUT2D eigenvalue weighted by atomic mass is 9.64. The number of aromatic nitrogens is 2. The summed E-state index contributed by atoms with van der Waals surface area (Å²) in [5.41, 5.74) is 14.1. The Kier molecular flexibility index (Phi) is 6.09. The number of para-hydroxylation sites is 2. The smallest absolute Gasteiger partial charge is 0.187 e. The summed E-state index contributed by atoms with van der Waals surface area (Å²) >= 11 is 0. The van der Waals surface area contributed by atoms with E-state index in [9.17, 15) is 5.26 Å². The molecule has 1 aliphatic heterocycles. The van der Waals surface area contributed by atoms with Gasteiger partial charge in [0.25, 0.3) is 0 Å². The number of anilines is 3. The van der Waals surface area contributed by atoms with E-state index in [0.717, 1.165) is 72.7 Å². The maximum atomic E-state index is 10.1. The van der Waals surface area contributed by atoms with Gasteiger partial charge in [0.1, 0.15) is 0 Å². The van der Waals surface area contributed by atoms with Crippen LogP contribution in [-0.4, -0.2) is 9.97 Å². The van der Waals surface area contributed by atoms with Gasteiger partial charge in [0.15, 0.2) is 5.69 Å². The lowest BCUT2D eigenvalue weighted by molar-refractivity contribution is 0.753. The van der Waals surface area contributed by atoms with Gasteiger partial charge in [0, 0.05) is 41.6 Å². The molecule has 9 rings (SSSR count). The molecule has 48 heavy (non-hydrogen) atoms. The summed E-state index contributed by atoms with van der Waals surface area (Å²) in [6.45, 7) is 7.91. The van der Waals surface area contributed by atoms with Crippen molar-refractivity contribution in [3.8, 4) is 39.4 Å². The minimum absolute atomic E-state index is 0.587. The van der Waals surface area contributed by atoms with Crippen molar-refractivity contribution < 1.29 is 0 Å². The second-order valence-corrected chi connectivity index (χ2v) is 12.1. The molecule has 1 aliphatic carbocycles. The van der Waals surface area contributed by atoms with Gasteiger partial charge >= 0.3 is 0 Å². The van der Waals surface area contributed by atoms with Crippen LogP contribution in [0.25, 0.3) is 38.2 Å². The van der Waals surface area contributed by atoms with E-state index in [2.05, 4.69) is 117 Å². The van der Waals surface area contributed by atoms with E-state index in [1.165, 1.54) is 0 Å². The van der Waals surface area contributed by atoms with Crippen molar-refractivity contribution in [2.45, 2.75) is 5.41 Å². The molecule has 0 saturated heterocycles. The van der Waals surface area contributed by atoms with Gasteiger partial charge in [-0.05, 0) is 99.1 Å². The minimum atomic E-state index is -0.741. The van der Waals surface area contributed by atoms with Gasteiger partial charge in [-0.2, -0.15) is 5.26 Å². The molecule has 0 saturated carbocycles. The minimum Gasteiger partial charge on any atom is -0.310 e. The van der Waals surface area contributed by atoms with Crippen molar-refractivity contribution in [1.82, 2.24) is 9.97 Å². The summed E-state index contributed by atoms with van der Waals surface area (Å²) in [6.07, 6.45) is 7.38. The topological polar surface area (TPSA) is 57.2 Å². The van der Waals surface area contributed by atoms with Gasteiger partial charge in [0.2, 0.25) is 0 Å². The second kappa shape index (κ2) is 10.6. The van der Waals surface area contributed by atoms with Crippen LogP contribution in [0.15, 0.2) is 152 Å². The molecule has 0 unspecified atom stereocenters. The summed E-state index contributed by atoms with van der Waals surface area (Å²) in [5.74, 6) is 0. The first-order valence-corrected chi connectivity index (χ1v) is 15.7. The number of benzene rings is 5. The van der Waals surface area contributed by atoms with Gasteiger partial charge < -0.3 is 4.90 Å². The second-order valence-electron chi connectivity index (χ2n) is 12.1. The van der Waals surface area contributed by atoms with Gasteiger partial charge in [0.05, 0.1) is 35.0 Å². The summed E-state index contributed by atoms with van der Waals surface area (Å²) < 4.78 is 0. The van der Waals surface area contributed by atoms with E-state index in [1.807, 2.05) is 48.8 Å². The molecule has 222 valence electrons. The Morgan fingerprint density at radius 2 is 1.17 bits per heavy atom. The Hall–Kier alpha value is -6.82. The highest BCUT2D eigenvalue weighted by Crippen LogP contribution is 2.64. The van der Waals surface area contributed by atoms with Crippen LogP contribution in [0.2, 0.25) is 0 Å². The third-order valence-electron chi connectivity index (χ3n) is 9.64. The summed E-state index contributed by atoms with van der Waals surface area (Å²) in [6, 6.07) is 46.2. The Bertz CT molecular complexity index is 2320. The molecule has 5 nitrogen and oxygen atoms in total. The average Bonchev–Trinajstić information content (AvgIpc) is 3.44. The van der Waals surface area contributed by atoms with Crippen LogP contribution in [0.5, 0.6) is 0 Å². The van der Waals surface area contributed by atoms with Crippen LogP contribution < -0.4 is 4.90 Å². The first-order valence-electron chi connectivity index (χ1n) is 15.7. The number of hydrogen-bond acceptors (Lipinski definition) is 4. The molecule has 0 atom stereocenters. The fourth-order valence-electron chi connectivity index (χ4n) is 7.70. The Morgan fingerprint density at radius 3 is 1.73 bits per heavy atom. The van der Waals surface area contributed by atoms with Crippen LogP contribution in [0.3, 0.4) is 0 Å². The highest BCUT2D eigenvalue weighted by atomic mass is 15.2. The molecule has 5 heteroatoms. The van der Waals surface area contributed by atoms with Gasteiger partial charge in [-0.25, -0.2) is 4.85 Å². The predicted molar refractivity (Wildman–Crippen MR) is 189 cm³/mol. The molecular formula is C43H25N5. The van der Waals surface area contributed by atoms with E-state index < -0.39 is 5.41 Å². The molecule has 7 aromatic rings. The van der Waals surface area contributed by atoms with E-state index in [0.29, 0.717) is 11.3 Å². The highest BCUT2D eigenvalue weighted by Gasteiger charge is 2.51. The zero-order valence-corrected chi connectivity index (χ0v) is 25.7. The number of nitrogens with zero attached hydrogens (tertiary/aromatic N) is 5. The fourth-order valence-corrected chi connectivity index (χ4v) is 7.70. The van der Waals surface area contributed by atoms with Gasteiger partial charge in [-0.15, -0.1) is 0 Å². The summed E-state index contributed by atoms with van der Waals surface area (Å²) in [7, 11) is 0. The molecule has 1 spiro atoms. The largest absolute Gasteiger partial charge is 0.310 e.